The molecule has 0 spiro atoms. The average Bonchev–Trinajstić information content (AvgIpc) is 1.68. The fourth-order valence-corrected chi connectivity index (χ4v) is 11.5. The number of fused-ring (bicyclic) bond motifs is 3. The Hall–Kier alpha value is -10.0. The summed E-state index contributed by atoms with van der Waals surface area (Å²) >= 11 is 0. The zero-order valence-corrected chi connectivity index (χ0v) is 56.9. The molecule has 3 aromatic heterocycles. The van der Waals surface area contributed by atoms with E-state index >= 15 is 9.59 Å². The summed E-state index contributed by atoms with van der Waals surface area (Å²) in [6.45, 7) is 11.3. The van der Waals surface area contributed by atoms with E-state index in [4.69, 9.17) is 34.4 Å². The smallest absolute Gasteiger partial charge is 0.326 e. The standard InChI is InChI=1S/C69H101N19O10/c1-7-39(5)57(71)65(95)85-55(33-42-36-79-48-23-13-10-20-45(42)48)64(94)88-58(40(6)8-2)66(96)86-54(32-41-35-78-47-22-12-9-19-44(41)47)63(93)83-51(26-17-29-76-68(72)73)59(89)81-50(25-15-16-28-70)60(90)84-53(31-38(3)4)62(92)82-52(27-18-30-77-69(74)75)61(91)87-56(67(97)98)34-43-37-80-49-24-14-11-21-46(43)49/h9-14,19-24,35-40,50-58,78-80H,7-8,15-18,25-34,70-71H2,1-6H3,(H,81,89)(H,82,92)(H,83,93)(H,84,90)(H,85,95)(H,86,96)(H,87,91)(H,88,94)(H,97,98)(H4,72,73,76)(H4,74,75,77)/t39-,40-,50-,51-,52-,53-,54-,55-,56-,57-,58-/m0/s1. The maximum Gasteiger partial charge on any atom is 0.326 e. The minimum atomic E-state index is -1.42. The van der Waals surface area contributed by atoms with E-state index in [-0.39, 0.29) is 101 Å². The number of guanidine groups is 2. The number of nitrogens with one attached hydrogen (secondary N) is 11. The van der Waals surface area contributed by atoms with Crippen molar-refractivity contribution in [2.75, 3.05) is 19.6 Å². The van der Waals surface area contributed by atoms with Gasteiger partial charge in [0.25, 0.3) is 0 Å². The highest BCUT2D eigenvalue weighted by Crippen LogP contribution is 2.24. The number of H-pyrrole nitrogens is 3. The largest absolute Gasteiger partial charge is 0.480 e. The number of aliphatic carboxylic acids is 1. The van der Waals surface area contributed by atoms with E-state index < -0.39 is 114 Å². The Balaban J connectivity index is 1.27. The topological polar surface area (TPSA) is 498 Å². The molecule has 0 aliphatic rings. The van der Waals surface area contributed by atoms with Crippen LogP contribution in [-0.2, 0) is 62.4 Å². The van der Waals surface area contributed by atoms with Gasteiger partial charge in [-0.3, -0.25) is 48.3 Å². The maximum absolute atomic E-state index is 15.2. The zero-order chi connectivity index (χ0) is 71.6. The minimum absolute atomic E-state index is 0.0151. The highest BCUT2D eigenvalue weighted by Gasteiger charge is 2.37. The normalized spacial score (nSPS) is 14.8. The Kier molecular flexibility index (Phi) is 29.9. The summed E-state index contributed by atoms with van der Waals surface area (Å²) in [5.41, 5.74) is 39.1. The van der Waals surface area contributed by atoms with Gasteiger partial charge in [-0.15, -0.1) is 0 Å². The van der Waals surface area contributed by atoms with Crippen LogP contribution in [0.25, 0.3) is 32.7 Å². The van der Waals surface area contributed by atoms with E-state index in [2.05, 4.69) is 67.5 Å². The number of nitrogens with zero attached hydrogens (tertiary/aromatic N) is 2. The number of benzene rings is 3. The number of rotatable bonds is 41. The van der Waals surface area contributed by atoms with Gasteiger partial charge < -0.3 is 97.0 Å². The molecule has 0 saturated heterocycles. The van der Waals surface area contributed by atoms with Gasteiger partial charge in [-0.05, 0) is 111 Å². The van der Waals surface area contributed by atoms with Gasteiger partial charge in [0.2, 0.25) is 47.3 Å². The van der Waals surface area contributed by atoms with Crippen LogP contribution in [-0.4, -0.2) is 159 Å². The van der Waals surface area contributed by atoms with Gasteiger partial charge in [0, 0.05) is 83.7 Å². The van der Waals surface area contributed by atoms with Crippen LogP contribution in [0.4, 0.5) is 0 Å². The van der Waals surface area contributed by atoms with Gasteiger partial charge in [0.15, 0.2) is 11.9 Å². The molecular weight excluding hydrogens is 1250 g/mol. The maximum atomic E-state index is 15.2. The first kappa shape index (κ1) is 77.0. The number of unbranched alkanes of at least 4 members (excludes halogenated alkanes) is 1. The fraction of sp³-hybridized carbons (Fsp3) is 0.493. The van der Waals surface area contributed by atoms with Crippen molar-refractivity contribution in [1.82, 2.24) is 57.5 Å². The highest BCUT2D eigenvalue weighted by atomic mass is 16.4. The number of carbonyl (C=O) groups excluding carboxylic acids is 8. The van der Waals surface area contributed by atoms with Crippen LogP contribution in [0.1, 0.15) is 122 Å². The van der Waals surface area contributed by atoms with Gasteiger partial charge >= 0.3 is 5.97 Å². The molecule has 3 heterocycles. The predicted octanol–water partition coefficient (Wildman–Crippen LogP) is 1.82. The first-order chi connectivity index (χ1) is 46.8. The Labute approximate surface area is 570 Å². The molecular formula is C69H101N19O10. The van der Waals surface area contributed by atoms with Crippen molar-refractivity contribution < 1.29 is 48.3 Å². The molecule has 29 heteroatoms. The quantitative estimate of drug-likeness (QED) is 0.0148. The third-order valence-electron chi connectivity index (χ3n) is 17.6. The van der Waals surface area contributed by atoms with Crippen molar-refractivity contribution in [3.63, 3.8) is 0 Å². The Morgan fingerprint density at radius 2 is 0.786 bits per heavy atom. The third kappa shape index (κ3) is 22.8. The highest BCUT2D eigenvalue weighted by molar-refractivity contribution is 5.99. The zero-order valence-electron chi connectivity index (χ0n) is 56.9. The van der Waals surface area contributed by atoms with Crippen molar-refractivity contribution in [2.24, 2.45) is 62.1 Å². The van der Waals surface area contributed by atoms with Crippen molar-refractivity contribution >= 4 is 97.9 Å². The van der Waals surface area contributed by atoms with Gasteiger partial charge in [0.1, 0.15) is 48.3 Å². The predicted molar refractivity (Wildman–Crippen MR) is 378 cm³/mol. The summed E-state index contributed by atoms with van der Waals surface area (Å²) in [6.07, 6.45) is 6.92. The summed E-state index contributed by atoms with van der Waals surface area (Å²) in [4.78, 5) is 148. The molecule has 0 bridgehead atoms. The number of carboxylic acid groups (broad SMARTS) is 1. The molecule has 0 radical (unpaired) electrons. The molecule has 98 heavy (non-hydrogen) atoms. The second-order valence-corrected chi connectivity index (χ2v) is 25.6. The molecule has 3 aromatic carbocycles. The number of hydrogen-bond acceptors (Lipinski definition) is 13. The van der Waals surface area contributed by atoms with Gasteiger partial charge in [-0.1, -0.05) is 109 Å². The molecule has 6 aromatic rings. The van der Waals surface area contributed by atoms with Crippen molar-refractivity contribution in [1.29, 1.82) is 0 Å². The summed E-state index contributed by atoms with van der Waals surface area (Å²) in [5, 5.41) is 35.1. The monoisotopic (exact) mass is 1360 g/mol. The third-order valence-corrected chi connectivity index (χ3v) is 17.6. The first-order valence-corrected chi connectivity index (χ1v) is 33.7. The van der Waals surface area contributed by atoms with Crippen LogP contribution in [0.2, 0.25) is 0 Å². The fourth-order valence-electron chi connectivity index (χ4n) is 11.5. The van der Waals surface area contributed by atoms with E-state index in [9.17, 15) is 38.7 Å². The van der Waals surface area contributed by atoms with Crippen molar-refractivity contribution in [3.05, 3.63) is 108 Å². The summed E-state index contributed by atoms with van der Waals surface area (Å²) < 4.78 is 0. The second kappa shape index (κ2) is 38.1. The van der Waals surface area contributed by atoms with E-state index in [1.165, 1.54) is 0 Å². The molecule has 0 aliphatic carbocycles. The first-order valence-electron chi connectivity index (χ1n) is 33.7. The molecule has 24 N–H and O–H groups in total. The number of aromatic amines is 3. The van der Waals surface area contributed by atoms with Gasteiger partial charge in [0.05, 0.1) is 6.04 Å². The van der Waals surface area contributed by atoms with Crippen LogP contribution in [0.15, 0.2) is 101 Å². The molecule has 6 rings (SSSR count). The number of hydrogen-bond donors (Lipinski definition) is 18. The molecule has 11 atom stereocenters. The van der Waals surface area contributed by atoms with Gasteiger partial charge in [-0.2, -0.15) is 0 Å². The lowest BCUT2D eigenvalue weighted by Crippen LogP contribution is -2.61. The van der Waals surface area contributed by atoms with Gasteiger partial charge in [-0.25, -0.2) is 4.79 Å². The van der Waals surface area contributed by atoms with Crippen LogP contribution >= 0.6 is 0 Å². The van der Waals surface area contributed by atoms with E-state index in [1.807, 2.05) is 101 Å². The number of nitrogens with two attached hydrogens (primary N) is 6. The van der Waals surface area contributed by atoms with Crippen LogP contribution in [0.3, 0.4) is 0 Å². The van der Waals surface area contributed by atoms with Crippen LogP contribution in [0.5, 0.6) is 0 Å². The Morgan fingerprint density at radius 1 is 0.439 bits per heavy atom. The molecule has 0 saturated carbocycles. The second-order valence-electron chi connectivity index (χ2n) is 25.6. The number of carboxylic acids is 1. The van der Waals surface area contributed by atoms with Crippen molar-refractivity contribution in [2.45, 2.75) is 179 Å². The number of para-hydroxylation sites is 3. The van der Waals surface area contributed by atoms with Crippen molar-refractivity contribution in [3.8, 4) is 0 Å². The van der Waals surface area contributed by atoms with Crippen LogP contribution in [0, 0.1) is 17.8 Å². The van der Waals surface area contributed by atoms with E-state index in [0.717, 1.165) is 38.3 Å². The van der Waals surface area contributed by atoms with E-state index in [1.54, 1.807) is 31.6 Å². The Bertz CT molecular complexity index is 3720. The summed E-state index contributed by atoms with van der Waals surface area (Å²) in [6, 6.07) is 10.5. The number of aromatic nitrogens is 3. The summed E-state index contributed by atoms with van der Waals surface area (Å²) in [5.74, 6) is -8.72. The number of amides is 8. The SMILES string of the molecule is CC[C@H](C)[C@H](N)C(=O)N[C@@H](Cc1c[nH]c2ccccc12)C(=O)N[C@H](C(=O)N[C@@H](Cc1c[nH]c2ccccc12)C(=O)N[C@@H](CCCN=C(N)N)C(=O)N[C@@H](CCCCN)C(=O)N[C@@H](CC(C)C)C(=O)N[C@@H](CCCN=C(N)N)C(=O)N[C@@H](Cc1c[nH]c2ccccc12)C(=O)O)[C@@H](C)CC. The Morgan fingerprint density at radius 3 is 1.18 bits per heavy atom. The molecule has 0 unspecified atom stereocenters. The van der Waals surface area contributed by atoms with Crippen LogP contribution < -0.4 is 76.9 Å². The van der Waals surface area contributed by atoms with E-state index in [0.29, 0.717) is 36.8 Å². The summed E-state index contributed by atoms with van der Waals surface area (Å²) in [7, 11) is 0. The average molecular weight is 1360 g/mol. The molecule has 532 valence electrons. The molecule has 8 amide bonds. The minimum Gasteiger partial charge on any atom is -0.480 e. The number of carbonyl (C=O) groups is 9. The molecule has 0 aliphatic heterocycles. The lowest BCUT2D eigenvalue weighted by Gasteiger charge is -2.30. The molecule has 29 nitrogen and oxygen atoms in total. The molecule has 0 fully saturated rings. The lowest BCUT2D eigenvalue weighted by atomic mass is 9.95. The number of aliphatic imine (C=N–C) groups is 2. The lowest BCUT2D eigenvalue weighted by molar-refractivity contribution is -0.142.